The Balaban J connectivity index is 2.06. The third-order valence-electron chi connectivity index (χ3n) is 3.36. The summed E-state index contributed by atoms with van der Waals surface area (Å²) in [6.45, 7) is 3.06. The van der Waals surface area contributed by atoms with Crippen LogP contribution in [0.1, 0.15) is 29.8 Å². The maximum Gasteiger partial charge on any atom is 0.417 e. The van der Waals surface area contributed by atoms with Gasteiger partial charge in [0.05, 0.1) is 10.8 Å². The molecule has 0 fully saturated rings. The molecular formula is C16H16F3N3O3S. The van der Waals surface area contributed by atoms with Crippen LogP contribution in [0.4, 0.5) is 24.7 Å². The van der Waals surface area contributed by atoms with Gasteiger partial charge in [0.1, 0.15) is 5.82 Å². The first-order chi connectivity index (χ1) is 12.0. The fourth-order valence-corrected chi connectivity index (χ4v) is 2.50. The zero-order chi connectivity index (χ0) is 19.5. The average molecular weight is 387 g/mol. The summed E-state index contributed by atoms with van der Waals surface area (Å²) in [5, 5.41) is 1.75. The van der Waals surface area contributed by atoms with E-state index in [-0.39, 0.29) is 11.4 Å². The van der Waals surface area contributed by atoms with Gasteiger partial charge in [-0.15, -0.1) is 0 Å². The summed E-state index contributed by atoms with van der Waals surface area (Å²) < 4.78 is 63.4. The minimum absolute atomic E-state index is 0.0346. The molecule has 1 aromatic carbocycles. The highest BCUT2D eigenvalue weighted by Crippen LogP contribution is 2.28. The van der Waals surface area contributed by atoms with Gasteiger partial charge in [0.15, 0.2) is 0 Å². The molecule has 0 unspecified atom stereocenters. The Hall–Kier alpha value is -2.62. The molecule has 6 nitrogen and oxygen atoms in total. The van der Waals surface area contributed by atoms with Crippen LogP contribution in [0.15, 0.2) is 42.6 Å². The summed E-state index contributed by atoms with van der Waals surface area (Å²) in [5.74, 6) is -0.622. The molecule has 0 saturated carbocycles. The molecule has 2 aromatic rings. The number of nitrogens with zero attached hydrogens (tertiary/aromatic N) is 1. The normalized spacial score (nSPS) is 12.1. The molecule has 1 amide bonds. The molecular weight excluding hydrogens is 371 g/mol. The van der Waals surface area contributed by atoms with Gasteiger partial charge >= 0.3 is 6.18 Å². The maximum absolute atomic E-state index is 12.5. The van der Waals surface area contributed by atoms with E-state index in [4.69, 9.17) is 0 Å². The van der Waals surface area contributed by atoms with Crippen LogP contribution in [-0.4, -0.2) is 24.6 Å². The SMILES string of the molecule is CC(C)S(=O)(=O)Nc1ccc(C(=O)Nc2ccc(C(F)(F)F)cn2)cc1. The molecule has 1 heterocycles. The molecule has 0 bridgehead atoms. The smallest absolute Gasteiger partial charge is 0.307 e. The largest absolute Gasteiger partial charge is 0.417 e. The van der Waals surface area contributed by atoms with E-state index < -0.39 is 32.9 Å². The van der Waals surface area contributed by atoms with Gasteiger partial charge in [-0.1, -0.05) is 0 Å². The molecule has 1 aromatic heterocycles. The van der Waals surface area contributed by atoms with Gasteiger partial charge in [-0.2, -0.15) is 13.2 Å². The van der Waals surface area contributed by atoms with Crippen molar-refractivity contribution in [2.45, 2.75) is 25.3 Å². The van der Waals surface area contributed by atoms with Crippen LogP contribution in [0.2, 0.25) is 0 Å². The molecule has 0 spiro atoms. The first kappa shape index (κ1) is 19.7. The van der Waals surface area contributed by atoms with Gasteiger partial charge in [0.25, 0.3) is 5.91 Å². The molecule has 26 heavy (non-hydrogen) atoms. The van der Waals surface area contributed by atoms with E-state index in [2.05, 4.69) is 15.0 Å². The number of sulfonamides is 1. The monoisotopic (exact) mass is 387 g/mol. The fourth-order valence-electron chi connectivity index (χ4n) is 1.80. The maximum atomic E-state index is 12.5. The van der Waals surface area contributed by atoms with Crippen LogP contribution in [0, 0.1) is 0 Å². The van der Waals surface area contributed by atoms with Crippen LogP contribution in [0.25, 0.3) is 0 Å². The summed E-state index contributed by atoms with van der Waals surface area (Å²) in [6.07, 6.45) is -3.88. The number of hydrogen-bond donors (Lipinski definition) is 2. The number of hydrogen-bond acceptors (Lipinski definition) is 4. The van der Waals surface area contributed by atoms with Gasteiger partial charge < -0.3 is 5.32 Å². The molecule has 0 aliphatic heterocycles. The Bertz CT molecular complexity index is 878. The van der Waals surface area contributed by atoms with Crippen molar-refractivity contribution in [3.05, 3.63) is 53.7 Å². The van der Waals surface area contributed by atoms with Crippen LogP contribution >= 0.6 is 0 Å². The number of anilines is 2. The number of benzene rings is 1. The van der Waals surface area contributed by atoms with Crippen molar-refractivity contribution in [3.8, 4) is 0 Å². The second-order valence-corrected chi connectivity index (χ2v) is 7.89. The Kier molecular flexibility index (Phi) is 5.55. The van der Waals surface area contributed by atoms with Crippen molar-refractivity contribution >= 4 is 27.4 Å². The lowest BCUT2D eigenvalue weighted by atomic mass is 10.2. The molecule has 0 radical (unpaired) electrons. The highest BCUT2D eigenvalue weighted by atomic mass is 32.2. The van der Waals surface area contributed by atoms with E-state index in [9.17, 15) is 26.4 Å². The third-order valence-corrected chi connectivity index (χ3v) is 5.12. The molecule has 2 N–H and O–H groups in total. The summed E-state index contributed by atoms with van der Waals surface area (Å²) in [6, 6.07) is 7.46. The van der Waals surface area contributed by atoms with Crippen molar-refractivity contribution in [2.75, 3.05) is 10.0 Å². The van der Waals surface area contributed by atoms with Gasteiger partial charge in [-0.3, -0.25) is 9.52 Å². The Morgan fingerprint density at radius 3 is 2.15 bits per heavy atom. The van der Waals surface area contributed by atoms with Gasteiger partial charge in [-0.05, 0) is 50.2 Å². The number of carbonyl (C=O) groups excluding carboxylic acids is 1. The number of alkyl halides is 3. The number of aromatic nitrogens is 1. The van der Waals surface area contributed by atoms with E-state index >= 15 is 0 Å². The lowest BCUT2D eigenvalue weighted by Gasteiger charge is -2.11. The predicted octanol–water partition coefficient (Wildman–Crippen LogP) is 3.50. The van der Waals surface area contributed by atoms with Crippen molar-refractivity contribution < 1.29 is 26.4 Å². The topological polar surface area (TPSA) is 88.2 Å². The minimum Gasteiger partial charge on any atom is -0.307 e. The van der Waals surface area contributed by atoms with E-state index in [1.807, 2.05) is 0 Å². The van der Waals surface area contributed by atoms with Crippen LogP contribution in [-0.2, 0) is 16.2 Å². The fraction of sp³-hybridized carbons (Fsp3) is 0.250. The third kappa shape index (κ3) is 4.94. The lowest BCUT2D eigenvalue weighted by molar-refractivity contribution is -0.137. The van der Waals surface area contributed by atoms with E-state index in [1.165, 1.54) is 38.1 Å². The quantitative estimate of drug-likeness (QED) is 0.822. The predicted molar refractivity (Wildman–Crippen MR) is 91.3 cm³/mol. The second kappa shape index (κ2) is 7.32. The first-order valence-electron chi connectivity index (χ1n) is 7.45. The van der Waals surface area contributed by atoms with Crippen molar-refractivity contribution in [3.63, 3.8) is 0 Å². The lowest BCUT2D eigenvalue weighted by Crippen LogP contribution is -2.22. The number of carbonyl (C=O) groups is 1. The zero-order valence-electron chi connectivity index (χ0n) is 13.8. The van der Waals surface area contributed by atoms with Crippen molar-refractivity contribution in [1.29, 1.82) is 0 Å². The minimum atomic E-state index is -4.51. The molecule has 0 aliphatic carbocycles. The first-order valence-corrected chi connectivity index (χ1v) is 9.00. The summed E-state index contributed by atoms with van der Waals surface area (Å²) in [5.41, 5.74) is -0.431. The Morgan fingerprint density at radius 2 is 1.69 bits per heavy atom. The zero-order valence-corrected chi connectivity index (χ0v) is 14.6. The van der Waals surface area contributed by atoms with Crippen LogP contribution in [0.5, 0.6) is 0 Å². The Labute approximate surface area is 148 Å². The number of pyridine rings is 1. The molecule has 0 atom stereocenters. The molecule has 10 heteroatoms. The Morgan fingerprint density at radius 1 is 1.08 bits per heavy atom. The van der Waals surface area contributed by atoms with E-state index in [0.717, 1.165) is 12.1 Å². The standard InChI is InChI=1S/C16H16F3N3O3S/c1-10(2)26(24,25)22-13-6-3-11(4-7-13)15(23)21-14-8-5-12(9-20-14)16(17,18)19/h3-10,22H,1-2H3,(H,20,21,23). The van der Waals surface area contributed by atoms with E-state index in [0.29, 0.717) is 11.9 Å². The molecule has 0 saturated heterocycles. The van der Waals surface area contributed by atoms with Crippen molar-refractivity contribution in [2.24, 2.45) is 0 Å². The highest BCUT2D eigenvalue weighted by molar-refractivity contribution is 7.93. The summed E-state index contributed by atoms with van der Waals surface area (Å²) >= 11 is 0. The second-order valence-electron chi connectivity index (χ2n) is 5.66. The molecule has 140 valence electrons. The van der Waals surface area contributed by atoms with Crippen LogP contribution in [0.3, 0.4) is 0 Å². The number of halogens is 3. The van der Waals surface area contributed by atoms with E-state index in [1.54, 1.807) is 0 Å². The molecule has 0 aliphatic rings. The van der Waals surface area contributed by atoms with Gasteiger partial charge in [0.2, 0.25) is 10.0 Å². The van der Waals surface area contributed by atoms with Gasteiger partial charge in [-0.25, -0.2) is 13.4 Å². The number of nitrogens with one attached hydrogen (secondary N) is 2. The van der Waals surface area contributed by atoms with Crippen molar-refractivity contribution in [1.82, 2.24) is 4.98 Å². The van der Waals surface area contributed by atoms with Crippen LogP contribution < -0.4 is 10.0 Å². The average Bonchev–Trinajstić information content (AvgIpc) is 2.54. The summed E-state index contributed by atoms with van der Waals surface area (Å²) in [7, 11) is -3.50. The summed E-state index contributed by atoms with van der Waals surface area (Å²) in [4.78, 5) is 15.6. The molecule has 2 rings (SSSR count). The van der Waals surface area contributed by atoms with Gasteiger partial charge in [0, 0.05) is 17.4 Å². The highest BCUT2D eigenvalue weighted by Gasteiger charge is 2.30. The number of rotatable bonds is 5. The number of amides is 1.